The van der Waals surface area contributed by atoms with Gasteiger partial charge < -0.3 is 15.1 Å². The molecule has 2 amide bonds. The highest BCUT2D eigenvalue weighted by atomic mass is 16.2. The van der Waals surface area contributed by atoms with Gasteiger partial charge in [-0.3, -0.25) is 9.59 Å². The topological polar surface area (TPSA) is 78.4 Å². The Kier molecular flexibility index (Phi) is 6.14. The number of carbonyl (C=O) groups is 2. The van der Waals surface area contributed by atoms with E-state index < -0.39 is 0 Å². The zero-order valence-corrected chi connectivity index (χ0v) is 14.7. The number of nitrogens with one attached hydrogen (secondary N) is 1. The summed E-state index contributed by atoms with van der Waals surface area (Å²) in [5, 5.41) is 2.85. The standard InChI is InChI=1S/C19H23N5O2/c25-17(8-4-9-20-18(26)16-6-2-1-3-7-16)23-12-14-24(15-13-23)19-21-10-5-11-22-19/h1-3,5-7,10-11H,4,8-9,12-15H2,(H,20,26). The van der Waals surface area contributed by atoms with Crippen LogP contribution in [-0.2, 0) is 4.79 Å². The molecule has 136 valence electrons. The van der Waals surface area contributed by atoms with Crippen LogP contribution in [0.5, 0.6) is 0 Å². The van der Waals surface area contributed by atoms with Gasteiger partial charge in [0.25, 0.3) is 5.91 Å². The van der Waals surface area contributed by atoms with E-state index in [0.29, 0.717) is 44.0 Å². The smallest absolute Gasteiger partial charge is 0.251 e. The monoisotopic (exact) mass is 353 g/mol. The van der Waals surface area contributed by atoms with Crippen LogP contribution in [-0.4, -0.2) is 59.4 Å². The SMILES string of the molecule is O=C(NCCCC(=O)N1CCN(c2ncccn2)CC1)c1ccccc1. The first kappa shape index (κ1) is 17.8. The second-order valence-electron chi connectivity index (χ2n) is 6.14. The Morgan fingerprint density at radius 3 is 2.35 bits per heavy atom. The predicted molar refractivity (Wildman–Crippen MR) is 98.8 cm³/mol. The van der Waals surface area contributed by atoms with Crippen molar-refractivity contribution < 1.29 is 9.59 Å². The first-order valence-electron chi connectivity index (χ1n) is 8.87. The fraction of sp³-hybridized carbons (Fsp3) is 0.368. The van der Waals surface area contributed by atoms with Gasteiger partial charge in [-0.25, -0.2) is 9.97 Å². The molecule has 0 aliphatic carbocycles. The van der Waals surface area contributed by atoms with Gasteiger partial charge in [-0.15, -0.1) is 0 Å². The van der Waals surface area contributed by atoms with Crippen molar-refractivity contribution in [3.63, 3.8) is 0 Å². The highest BCUT2D eigenvalue weighted by molar-refractivity contribution is 5.94. The molecule has 0 radical (unpaired) electrons. The van der Waals surface area contributed by atoms with Gasteiger partial charge in [0.05, 0.1) is 0 Å². The Bertz CT molecular complexity index is 715. The van der Waals surface area contributed by atoms with Gasteiger partial charge in [-0.05, 0) is 24.6 Å². The molecule has 1 fully saturated rings. The first-order valence-corrected chi connectivity index (χ1v) is 8.87. The van der Waals surface area contributed by atoms with Gasteiger partial charge in [0, 0.05) is 57.1 Å². The van der Waals surface area contributed by atoms with Crippen molar-refractivity contribution in [1.29, 1.82) is 0 Å². The highest BCUT2D eigenvalue weighted by Crippen LogP contribution is 2.10. The number of anilines is 1. The maximum absolute atomic E-state index is 12.3. The molecule has 0 bridgehead atoms. The van der Waals surface area contributed by atoms with Crippen LogP contribution in [0.3, 0.4) is 0 Å². The molecule has 0 spiro atoms. The van der Waals surface area contributed by atoms with Crippen molar-refractivity contribution >= 4 is 17.8 Å². The van der Waals surface area contributed by atoms with Gasteiger partial charge in [0.2, 0.25) is 11.9 Å². The lowest BCUT2D eigenvalue weighted by molar-refractivity contribution is -0.131. The molecule has 0 saturated carbocycles. The van der Waals surface area contributed by atoms with E-state index in [2.05, 4.69) is 20.2 Å². The molecular formula is C19H23N5O2. The minimum absolute atomic E-state index is 0.102. The van der Waals surface area contributed by atoms with Crippen molar-refractivity contribution in [2.45, 2.75) is 12.8 Å². The van der Waals surface area contributed by atoms with E-state index >= 15 is 0 Å². The van der Waals surface area contributed by atoms with Gasteiger partial charge >= 0.3 is 0 Å². The third kappa shape index (κ3) is 4.78. The fourth-order valence-electron chi connectivity index (χ4n) is 2.90. The molecule has 1 N–H and O–H groups in total. The maximum Gasteiger partial charge on any atom is 0.251 e. The van der Waals surface area contributed by atoms with E-state index in [1.807, 2.05) is 23.1 Å². The molecule has 2 aromatic rings. The van der Waals surface area contributed by atoms with Crippen LogP contribution in [0.1, 0.15) is 23.2 Å². The lowest BCUT2D eigenvalue weighted by atomic mass is 10.2. The number of amides is 2. The Morgan fingerprint density at radius 1 is 0.962 bits per heavy atom. The van der Waals surface area contributed by atoms with Crippen molar-refractivity contribution in [2.24, 2.45) is 0 Å². The summed E-state index contributed by atoms with van der Waals surface area (Å²) in [5.74, 6) is 0.741. The van der Waals surface area contributed by atoms with Crippen LogP contribution in [0.2, 0.25) is 0 Å². The molecule has 1 aromatic carbocycles. The summed E-state index contributed by atoms with van der Waals surface area (Å²) < 4.78 is 0. The summed E-state index contributed by atoms with van der Waals surface area (Å²) >= 11 is 0. The summed E-state index contributed by atoms with van der Waals surface area (Å²) in [5.41, 5.74) is 0.637. The fourth-order valence-corrected chi connectivity index (χ4v) is 2.90. The lowest BCUT2D eigenvalue weighted by Crippen LogP contribution is -2.49. The van der Waals surface area contributed by atoms with Crippen LogP contribution in [0, 0.1) is 0 Å². The third-order valence-electron chi connectivity index (χ3n) is 4.36. The number of nitrogens with zero attached hydrogens (tertiary/aromatic N) is 4. The largest absolute Gasteiger partial charge is 0.352 e. The van der Waals surface area contributed by atoms with Gasteiger partial charge in [-0.2, -0.15) is 0 Å². The molecular weight excluding hydrogens is 330 g/mol. The molecule has 1 aliphatic heterocycles. The minimum Gasteiger partial charge on any atom is -0.352 e. The molecule has 1 aliphatic rings. The molecule has 0 atom stereocenters. The number of hydrogen-bond donors (Lipinski definition) is 1. The Morgan fingerprint density at radius 2 is 1.65 bits per heavy atom. The van der Waals surface area contributed by atoms with E-state index in [4.69, 9.17) is 0 Å². The normalized spacial score (nSPS) is 14.2. The molecule has 1 saturated heterocycles. The first-order chi connectivity index (χ1) is 12.7. The summed E-state index contributed by atoms with van der Waals surface area (Å²) in [4.78, 5) is 36.7. The van der Waals surface area contributed by atoms with Crippen molar-refractivity contribution in [3.8, 4) is 0 Å². The molecule has 0 unspecified atom stereocenters. The van der Waals surface area contributed by atoms with Crippen LogP contribution >= 0.6 is 0 Å². The summed E-state index contributed by atoms with van der Waals surface area (Å²) in [7, 11) is 0. The van der Waals surface area contributed by atoms with Crippen LogP contribution < -0.4 is 10.2 Å². The number of rotatable bonds is 6. The van der Waals surface area contributed by atoms with Crippen LogP contribution in [0.4, 0.5) is 5.95 Å². The maximum atomic E-state index is 12.3. The Hall–Kier alpha value is -2.96. The molecule has 26 heavy (non-hydrogen) atoms. The van der Waals surface area contributed by atoms with E-state index in [9.17, 15) is 9.59 Å². The zero-order chi connectivity index (χ0) is 18.2. The highest BCUT2D eigenvalue weighted by Gasteiger charge is 2.21. The summed E-state index contributed by atoms with van der Waals surface area (Å²) in [6.45, 7) is 3.32. The van der Waals surface area contributed by atoms with Crippen molar-refractivity contribution in [2.75, 3.05) is 37.6 Å². The average molecular weight is 353 g/mol. The molecule has 7 heteroatoms. The van der Waals surface area contributed by atoms with E-state index in [1.54, 1.807) is 30.6 Å². The molecule has 1 aromatic heterocycles. The van der Waals surface area contributed by atoms with Gasteiger partial charge in [0.1, 0.15) is 0 Å². The average Bonchev–Trinajstić information content (AvgIpc) is 2.72. The summed E-state index contributed by atoms with van der Waals surface area (Å²) in [6.07, 6.45) is 4.53. The molecule has 2 heterocycles. The minimum atomic E-state index is -0.102. The van der Waals surface area contributed by atoms with Gasteiger partial charge in [-0.1, -0.05) is 18.2 Å². The Labute approximate surface area is 153 Å². The predicted octanol–water partition coefficient (Wildman–Crippen LogP) is 1.34. The second kappa shape index (κ2) is 8.94. The number of benzene rings is 1. The zero-order valence-electron chi connectivity index (χ0n) is 14.7. The van der Waals surface area contributed by atoms with Crippen molar-refractivity contribution in [1.82, 2.24) is 20.2 Å². The van der Waals surface area contributed by atoms with Crippen molar-refractivity contribution in [3.05, 3.63) is 54.4 Å². The third-order valence-corrected chi connectivity index (χ3v) is 4.36. The van der Waals surface area contributed by atoms with E-state index in [0.717, 1.165) is 13.1 Å². The van der Waals surface area contributed by atoms with E-state index in [-0.39, 0.29) is 11.8 Å². The van der Waals surface area contributed by atoms with Crippen LogP contribution in [0.25, 0.3) is 0 Å². The van der Waals surface area contributed by atoms with Crippen LogP contribution in [0.15, 0.2) is 48.8 Å². The quantitative estimate of drug-likeness (QED) is 0.793. The summed E-state index contributed by atoms with van der Waals surface area (Å²) in [6, 6.07) is 10.9. The number of piperazine rings is 1. The Balaban J connectivity index is 1.35. The number of aromatic nitrogens is 2. The molecule has 3 rings (SSSR count). The number of hydrogen-bond acceptors (Lipinski definition) is 5. The number of carbonyl (C=O) groups excluding carboxylic acids is 2. The second-order valence-corrected chi connectivity index (χ2v) is 6.14. The van der Waals surface area contributed by atoms with Gasteiger partial charge in [0.15, 0.2) is 0 Å². The van der Waals surface area contributed by atoms with E-state index in [1.165, 1.54) is 0 Å². The molecule has 7 nitrogen and oxygen atoms in total. The lowest BCUT2D eigenvalue weighted by Gasteiger charge is -2.34.